The second-order valence-corrected chi connectivity index (χ2v) is 3.97. The first-order valence-electron chi connectivity index (χ1n) is 4.12. The molecule has 0 atom stereocenters. The minimum Gasteiger partial charge on any atom is -0.235 e. The lowest BCUT2D eigenvalue weighted by Crippen LogP contribution is -2.18. The number of benzene rings is 1. The zero-order valence-corrected chi connectivity index (χ0v) is 9.18. The van der Waals surface area contributed by atoms with E-state index in [9.17, 15) is 17.6 Å². The van der Waals surface area contributed by atoms with Gasteiger partial charge >= 0.3 is 6.18 Å². The van der Waals surface area contributed by atoms with Crippen LogP contribution in [0.4, 0.5) is 17.6 Å². The largest absolute Gasteiger partial charge is 0.408 e. The Hall–Kier alpha value is -1.18. The Kier molecular flexibility index (Phi) is 2.61. The maximum Gasteiger partial charge on any atom is 0.408 e. The van der Waals surface area contributed by atoms with Crippen molar-refractivity contribution in [3.63, 3.8) is 0 Å². The van der Waals surface area contributed by atoms with Crippen LogP contribution in [0.15, 0.2) is 16.6 Å². The zero-order chi connectivity index (χ0) is 11.9. The molecule has 0 saturated carbocycles. The summed E-state index contributed by atoms with van der Waals surface area (Å²) in [6, 6.07) is 2.25. The molecule has 0 N–H and O–H groups in total. The zero-order valence-electron chi connectivity index (χ0n) is 7.59. The highest BCUT2D eigenvalue weighted by Gasteiger charge is 2.29. The molecule has 0 aliphatic rings. The highest BCUT2D eigenvalue weighted by atomic mass is 79.9. The Morgan fingerprint density at radius 2 is 2.00 bits per heavy atom. The molecule has 0 spiro atoms. The first kappa shape index (κ1) is 11.3. The molecule has 8 heteroatoms. The van der Waals surface area contributed by atoms with Crippen LogP contribution in [0.25, 0.3) is 11.0 Å². The fraction of sp³-hybridized carbons (Fsp3) is 0.250. The van der Waals surface area contributed by atoms with Crippen LogP contribution in [0, 0.1) is 5.82 Å². The Morgan fingerprint density at radius 3 is 2.62 bits per heavy atom. The molecule has 0 aliphatic carbocycles. The van der Waals surface area contributed by atoms with Gasteiger partial charge in [-0.2, -0.15) is 13.2 Å². The lowest BCUT2D eigenvalue weighted by atomic mass is 10.3. The Bertz CT molecular complexity index is 534. The molecule has 0 bridgehead atoms. The minimum atomic E-state index is -4.39. The predicted molar refractivity (Wildman–Crippen MR) is 51.2 cm³/mol. The van der Waals surface area contributed by atoms with Crippen molar-refractivity contribution in [3.05, 3.63) is 22.4 Å². The predicted octanol–water partition coefficient (Wildman–Crippen LogP) is 2.90. The fourth-order valence-corrected chi connectivity index (χ4v) is 1.58. The second kappa shape index (κ2) is 3.69. The summed E-state index contributed by atoms with van der Waals surface area (Å²) in [4.78, 5) is 0. The first-order chi connectivity index (χ1) is 7.37. The van der Waals surface area contributed by atoms with Crippen LogP contribution in [-0.2, 0) is 6.54 Å². The van der Waals surface area contributed by atoms with E-state index in [0.29, 0.717) is 4.68 Å². The van der Waals surface area contributed by atoms with Crippen molar-refractivity contribution in [2.24, 2.45) is 0 Å². The van der Waals surface area contributed by atoms with Crippen LogP contribution in [0.1, 0.15) is 0 Å². The molecule has 0 amide bonds. The lowest BCUT2D eigenvalue weighted by Gasteiger charge is -2.06. The quantitative estimate of drug-likeness (QED) is 0.758. The summed E-state index contributed by atoms with van der Waals surface area (Å²) >= 11 is 2.89. The summed E-state index contributed by atoms with van der Waals surface area (Å²) in [5, 5.41) is 6.78. The molecule has 0 fully saturated rings. The van der Waals surface area contributed by atoms with Crippen LogP contribution < -0.4 is 0 Å². The number of alkyl halides is 3. The minimum absolute atomic E-state index is 0.0747. The van der Waals surface area contributed by atoms with Crippen LogP contribution >= 0.6 is 15.9 Å². The maximum atomic E-state index is 13.0. The monoisotopic (exact) mass is 297 g/mol. The molecule has 1 aromatic heterocycles. The third-order valence-electron chi connectivity index (χ3n) is 1.89. The van der Waals surface area contributed by atoms with Gasteiger partial charge in [-0.15, -0.1) is 5.10 Å². The topological polar surface area (TPSA) is 30.7 Å². The van der Waals surface area contributed by atoms with Gasteiger partial charge in [0, 0.05) is 6.07 Å². The van der Waals surface area contributed by atoms with Crippen molar-refractivity contribution in [2.45, 2.75) is 12.7 Å². The molecule has 0 aliphatic heterocycles. The summed E-state index contributed by atoms with van der Waals surface area (Å²) in [5.74, 6) is -0.591. The van der Waals surface area contributed by atoms with Crippen molar-refractivity contribution in [1.82, 2.24) is 15.0 Å². The van der Waals surface area contributed by atoms with E-state index < -0.39 is 18.5 Å². The van der Waals surface area contributed by atoms with E-state index in [1.807, 2.05) is 0 Å². The van der Waals surface area contributed by atoms with Gasteiger partial charge in [-0.25, -0.2) is 9.07 Å². The third kappa shape index (κ3) is 2.16. The van der Waals surface area contributed by atoms with E-state index in [0.717, 1.165) is 6.07 Å². The van der Waals surface area contributed by atoms with Crippen molar-refractivity contribution in [3.8, 4) is 0 Å². The maximum absolute atomic E-state index is 13.0. The number of hydrogen-bond acceptors (Lipinski definition) is 2. The van der Waals surface area contributed by atoms with Crippen molar-refractivity contribution in [1.29, 1.82) is 0 Å². The van der Waals surface area contributed by atoms with E-state index in [2.05, 4.69) is 26.2 Å². The summed E-state index contributed by atoms with van der Waals surface area (Å²) in [7, 11) is 0. The highest BCUT2D eigenvalue weighted by molar-refractivity contribution is 9.10. The van der Waals surface area contributed by atoms with Gasteiger partial charge in [-0.05, 0) is 22.0 Å². The van der Waals surface area contributed by atoms with E-state index in [-0.39, 0.29) is 15.5 Å². The number of rotatable bonds is 1. The second-order valence-electron chi connectivity index (χ2n) is 3.12. The fourth-order valence-electron chi connectivity index (χ4n) is 1.25. The van der Waals surface area contributed by atoms with Gasteiger partial charge < -0.3 is 0 Å². The van der Waals surface area contributed by atoms with Gasteiger partial charge in [0.2, 0.25) is 0 Å². The molecule has 1 aromatic carbocycles. The summed E-state index contributed by atoms with van der Waals surface area (Å²) in [6.45, 7) is -1.25. The van der Waals surface area contributed by atoms with Gasteiger partial charge in [0.15, 0.2) is 0 Å². The van der Waals surface area contributed by atoms with Gasteiger partial charge in [-0.1, -0.05) is 5.21 Å². The van der Waals surface area contributed by atoms with Crippen molar-refractivity contribution < 1.29 is 17.6 Å². The molecule has 1 heterocycles. The molecule has 3 nitrogen and oxygen atoms in total. The average Bonchev–Trinajstić information content (AvgIpc) is 2.47. The number of aromatic nitrogens is 3. The van der Waals surface area contributed by atoms with Gasteiger partial charge in [0.25, 0.3) is 0 Å². The smallest absolute Gasteiger partial charge is 0.235 e. The Morgan fingerprint density at radius 1 is 1.31 bits per heavy atom. The molecule has 86 valence electrons. The lowest BCUT2D eigenvalue weighted by molar-refractivity contribution is -0.142. The molecule has 0 unspecified atom stereocenters. The molecular weight excluding hydrogens is 294 g/mol. The first-order valence-corrected chi connectivity index (χ1v) is 4.91. The molecule has 2 aromatic rings. The van der Waals surface area contributed by atoms with Gasteiger partial charge in [0.05, 0.1) is 9.99 Å². The van der Waals surface area contributed by atoms with Crippen molar-refractivity contribution in [2.75, 3.05) is 0 Å². The van der Waals surface area contributed by atoms with E-state index in [4.69, 9.17) is 0 Å². The summed E-state index contributed by atoms with van der Waals surface area (Å²) < 4.78 is 50.3. The summed E-state index contributed by atoms with van der Waals surface area (Å²) in [5.41, 5.74) is 0.218. The van der Waals surface area contributed by atoms with Crippen molar-refractivity contribution >= 4 is 27.0 Å². The standard InChI is InChI=1S/C8H4BrF4N3/c9-4-1-7-6(2-5(4)10)14-15-16(7)3-8(11,12)13/h1-2H,3H2. The van der Waals surface area contributed by atoms with Gasteiger partial charge in [-0.3, -0.25) is 0 Å². The number of halogens is 5. The molecule has 0 radical (unpaired) electrons. The SMILES string of the molecule is Fc1cc2nnn(CC(F)(F)F)c2cc1Br. The average molecular weight is 298 g/mol. The van der Waals surface area contributed by atoms with Crippen LogP contribution in [-0.4, -0.2) is 21.2 Å². The molecule has 0 saturated heterocycles. The molecular formula is C8H4BrF4N3. The third-order valence-corrected chi connectivity index (χ3v) is 2.49. The Balaban J connectivity index is 2.52. The van der Waals surface area contributed by atoms with E-state index >= 15 is 0 Å². The van der Waals surface area contributed by atoms with Crippen LogP contribution in [0.3, 0.4) is 0 Å². The van der Waals surface area contributed by atoms with E-state index in [1.54, 1.807) is 0 Å². The highest BCUT2D eigenvalue weighted by Crippen LogP contribution is 2.24. The Labute approximate surface area is 95.2 Å². The van der Waals surface area contributed by atoms with Crippen LogP contribution in [0.2, 0.25) is 0 Å². The summed E-state index contributed by atoms with van der Waals surface area (Å²) in [6.07, 6.45) is -4.39. The van der Waals surface area contributed by atoms with E-state index in [1.165, 1.54) is 6.07 Å². The van der Waals surface area contributed by atoms with Crippen LogP contribution in [0.5, 0.6) is 0 Å². The number of nitrogens with zero attached hydrogens (tertiary/aromatic N) is 3. The number of hydrogen-bond donors (Lipinski definition) is 0. The van der Waals surface area contributed by atoms with Gasteiger partial charge in [0.1, 0.15) is 17.9 Å². The molecule has 2 rings (SSSR count). The molecule has 16 heavy (non-hydrogen) atoms. The number of fused-ring (bicyclic) bond motifs is 1. The normalized spacial score (nSPS) is 12.3.